The van der Waals surface area contributed by atoms with E-state index in [2.05, 4.69) is 17.6 Å². The Morgan fingerprint density at radius 3 is 2.26 bits per heavy atom. The fourth-order valence-corrected chi connectivity index (χ4v) is 3.77. The molecule has 0 aliphatic rings. The van der Waals surface area contributed by atoms with Gasteiger partial charge in [0.2, 0.25) is 11.8 Å². The van der Waals surface area contributed by atoms with Crippen molar-refractivity contribution >= 4 is 17.9 Å². The number of hydrogen-bond donors (Lipinski definition) is 3. The molecule has 0 aliphatic carbocycles. The van der Waals surface area contributed by atoms with Gasteiger partial charge in [0.15, 0.2) is 0 Å². The van der Waals surface area contributed by atoms with E-state index in [0.717, 1.165) is 19.3 Å². The highest BCUT2D eigenvalue weighted by Crippen LogP contribution is 2.28. The third kappa shape index (κ3) is 9.78. The Morgan fingerprint density at radius 1 is 1.09 bits per heavy atom. The lowest BCUT2D eigenvalue weighted by atomic mass is 9.94. The van der Waals surface area contributed by atoms with Crippen LogP contribution in [0.4, 0.5) is 4.79 Å². The molecule has 0 bridgehead atoms. The van der Waals surface area contributed by atoms with Crippen LogP contribution < -0.4 is 10.6 Å². The lowest BCUT2D eigenvalue weighted by Gasteiger charge is -2.38. The molecule has 0 radical (unpaired) electrons. The first-order chi connectivity index (χ1) is 16.3. The minimum atomic E-state index is -0.969. The van der Waals surface area contributed by atoms with E-state index < -0.39 is 23.8 Å². The van der Waals surface area contributed by atoms with Gasteiger partial charge in [-0.1, -0.05) is 52.2 Å². The molecule has 3 N–H and O–H groups in total. The quantitative estimate of drug-likeness (QED) is 0.360. The summed E-state index contributed by atoms with van der Waals surface area (Å²) in [5.41, 5.74) is -0.215. The Hall–Kier alpha value is -2.77. The summed E-state index contributed by atoms with van der Waals surface area (Å²) in [5.74, 6) is -0.896. The molecule has 3 atom stereocenters. The largest absolute Gasteiger partial charge is 0.508 e. The van der Waals surface area contributed by atoms with Crippen molar-refractivity contribution in [3.05, 3.63) is 29.8 Å². The van der Waals surface area contributed by atoms with Gasteiger partial charge in [0.1, 0.15) is 23.4 Å². The molecule has 1 aromatic rings. The summed E-state index contributed by atoms with van der Waals surface area (Å²) in [4.78, 5) is 41.5. The number of hydrogen-bond acceptors (Lipinski definition) is 5. The van der Waals surface area contributed by atoms with Crippen molar-refractivity contribution in [2.24, 2.45) is 5.92 Å². The Labute approximate surface area is 210 Å². The number of aromatic hydroxyl groups is 1. The van der Waals surface area contributed by atoms with Crippen molar-refractivity contribution in [2.45, 2.75) is 105 Å². The number of alkyl carbamates (subject to hydrolysis) is 1. The van der Waals surface area contributed by atoms with Gasteiger partial charge in [0.05, 0.1) is 0 Å². The van der Waals surface area contributed by atoms with Crippen LogP contribution in [0.3, 0.4) is 0 Å². The van der Waals surface area contributed by atoms with Crippen LogP contribution in [0.2, 0.25) is 0 Å². The maximum absolute atomic E-state index is 14.0. The van der Waals surface area contributed by atoms with Gasteiger partial charge in [-0.05, 0) is 64.7 Å². The van der Waals surface area contributed by atoms with Crippen molar-refractivity contribution < 1.29 is 24.2 Å². The van der Waals surface area contributed by atoms with Gasteiger partial charge in [0, 0.05) is 12.6 Å². The molecule has 35 heavy (non-hydrogen) atoms. The lowest BCUT2D eigenvalue weighted by molar-refractivity contribution is -0.145. The number of unbranched alkanes of at least 4 members (excludes halogenated alkanes) is 2. The van der Waals surface area contributed by atoms with E-state index in [9.17, 15) is 19.5 Å². The third-order valence-corrected chi connectivity index (χ3v) is 5.75. The molecule has 0 aromatic heterocycles. The van der Waals surface area contributed by atoms with Gasteiger partial charge in [-0.2, -0.15) is 0 Å². The molecule has 0 saturated carbocycles. The van der Waals surface area contributed by atoms with Crippen LogP contribution in [-0.2, 0) is 14.3 Å². The summed E-state index contributed by atoms with van der Waals surface area (Å²) in [6.45, 7) is 15.3. The Balaban J connectivity index is 3.40. The highest BCUT2D eigenvalue weighted by molar-refractivity contribution is 5.92. The third-order valence-electron chi connectivity index (χ3n) is 5.75. The van der Waals surface area contributed by atoms with E-state index in [-0.39, 0.29) is 29.5 Å². The number of nitrogens with zero attached hydrogens (tertiary/aromatic N) is 1. The summed E-state index contributed by atoms with van der Waals surface area (Å²) in [6.07, 6.45) is 2.80. The number of rotatable bonds is 12. The maximum atomic E-state index is 14.0. The highest BCUT2D eigenvalue weighted by Gasteiger charge is 2.39. The van der Waals surface area contributed by atoms with E-state index in [1.807, 2.05) is 27.7 Å². The van der Waals surface area contributed by atoms with Crippen molar-refractivity contribution in [3.63, 3.8) is 0 Å². The van der Waals surface area contributed by atoms with Crippen LogP contribution in [-0.4, -0.2) is 52.1 Å². The van der Waals surface area contributed by atoms with Crippen LogP contribution in [0.1, 0.15) is 92.7 Å². The van der Waals surface area contributed by atoms with Gasteiger partial charge in [-0.25, -0.2) is 4.79 Å². The number of phenolic OH excluding ortho intramolecular Hbond substituents is 1. The molecular weight excluding hydrogens is 446 g/mol. The molecule has 8 heteroatoms. The minimum Gasteiger partial charge on any atom is -0.508 e. The molecular formula is C27H45N3O5. The van der Waals surface area contributed by atoms with E-state index in [1.54, 1.807) is 32.9 Å². The summed E-state index contributed by atoms with van der Waals surface area (Å²) >= 11 is 0. The zero-order chi connectivity index (χ0) is 26.8. The first-order valence-corrected chi connectivity index (χ1v) is 12.7. The molecule has 3 unspecified atom stereocenters. The first kappa shape index (κ1) is 30.3. The average molecular weight is 492 g/mol. The molecule has 1 aromatic carbocycles. The van der Waals surface area contributed by atoms with Crippen molar-refractivity contribution in [2.75, 3.05) is 6.54 Å². The molecule has 1 rings (SSSR count). The molecule has 0 saturated heterocycles. The van der Waals surface area contributed by atoms with Crippen LogP contribution >= 0.6 is 0 Å². The van der Waals surface area contributed by atoms with E-state index in [4.69, 9.17) is 4.74 Å². The maximum Gasteiger partial charge on any atom is 0.408 e. The Bertz CT molecular complexity index is 834. The number of ether oxygens (including phenoxy) is 1. The molecule has 198 valence electrons. The fourth-order valence-electron chi connectivity index (χ4n) is 3.77. The summed E-state index contributed by atoms with van der Waals surface area (Å²) in [5, 5.41) is 15.8. The topological polar surface area (TPSA) is 108 Å². The molecule has 0 fully saturated rings. The van der Waals surface area contributed by atoms with Gasteiger partial charge in [-0.15, -0.1) is 0 Å². The van der Waals surface area contributed by atoms with Gasteiger partial charge >= 0.3 is 6.09 Å². The van der Waals surface area contributed by atoms with Crippen LogP contribution in [0.15, 0.2) is 24.3 Å². The predicted octanol–water partition coefficient (Wildman–Crippen LogP) is 4.92. The second kappa shape index (κ2) is 14.0. The Morgan fingerprint density at radius 2 is 1.74 bits per heavy atom. The van der Waals surface area contributed by atoms with Crippen LogP contribution in [0.5, 0.6) is 5.75 Å². The minimum absolute atomic E-state index is 0.00722. The smallest absolute Gasteiger partial charge is 0.408 e. The summed E-state index contributed by atoms with van der Waals surface area (Å²) in [6, 6.07) is 4.18. The monoisotopic (exact) mass is 491 g/mol. The van der Waals surface area contributed by atoms with Crippen molar-refractivity contribution in [3.8, 4) is 5.75 Å². The first-order valence-electron chi connectivity index (χ1n) is 12.7. The molecule has 0 heterocycles. The fraction of sp³-hybridized carbons (Fsp3) is 0.667. The molecule has 3 amide bonds. The number of benzene rings is 1. The number of phenols is 1. The van der Waals surface area contributed by atoms with E-state index in [0.29, 0.717) is 18.5 Å². The normalized spacial score (nSPS) is 14.1. The number of carbonyl (C=O) groups excluding carboxylic acids is 3. The second-order valence-electron chi connectivity index (χ2n) is 10.3. The van der Waals surface area contributed by atoms with Gasteiger partial charge < -0.3 is 25.4 Å². The molecule has 0 aliphatic heterocycles. The predicted molar refractivity (Wildman–Crippen MR) is 138 cm³/mol. The van der Waals surface area contributed by atoms with Gasteiger partial charge in [-0.3, -0.25) is 9.59 Å². The van der Waals surface area contributed by atoms with E-state index >= 15 is 0 Å². The lowest BCUT2D eigenvalue weighted by Crippen LogP contribution is -2.57. The number of carbonyl (C=O) groups is 3. The average Bonchev–Trinajstić information content (AvgIpc) is 2.76. The van der Waals surface area contributed by atoms with Crippen LogP contribution in [0.25, 0.3) is 0 Å². The summed E-state index contributed by atoms with van der Waals surface area (Å²) in [7, 11) is 0. The zero-order valence-corrected chi connectivity index (χ0v) is 22.7. The highest BCUT2D eigenvalue weighted by atomic mass is 16.6. The SMILES string of the molecule is CCCCCNC(=O)C(c1cccc(O)c1)N(C(=O)C(NC(=O)OC(C)(C)C)C(C)CC)C(C)C. The molecule has 8 nitrogen and oxygen atoms in total. The molecule has 0 spiro atoms. The summed E-state index contributed by atoms with van der Waals surface area (Å²) < 4.78 is 5.40. The second-order valence-corrected chi connectivity index (χ2v) is 10.3. The van der Waals surface area contributed by atoms with Crippen molar-refractivity contribution in [1.29, 1.82) is 0 Å². The van der Waals surface area contributed by atoms with E-state index in [1.165, 1.54) is 17.0 Å². The van der Waals surface area contributed by atoms with Crippen LogP contribution in [0, 0.1) is 5.92 Å². The Kier molecular flexibility index (Phi) is 12.1. The zero-order valence-electron chi connectivity index (χ0n) is 22.7. The van der Waals surface area contributed by atoms with Crippen molar-refractivity contribution in [1.82, 2.24) is 15.5 Å². The standard InChI is InChI=1S/C27H45N3O5/c1-9-11-12-16-28-24(32)23(20-14-13-15-21(31)17-20)30(18(3)4)25(33)22(19(5)10-2)29-26(34)35-27(6,7)8/h13-15,17-19,22-23,31H,9-12,16H2,1-8H3,(H,28,32)(H,29,34). The van der Waals surface area contributed by atoms with Gasteiger partial charge in [0.25, 0.3) is 0 Å². The number of amides is 3. The number of nitrogens with one attached hydrogen (secondary N) is 2.